The van der Waals surface area contributed by atoms with Gasteiger partial charge in [0, 0.05) is 19.6 Å². The van der Waals surface area contributed by atoms with E-state index in [1.165, 1.54) is 17.8 Å². The van der Waals surface area contributed by atoms with Gasteiger partial charge in [0.25, 0.3) is 5.91 Å². The van der Waals surface area contributed by atoms with Gasteiger partial charge in [0.1, 0.15) is 0 Å². The third-order valence-electron chi connectivity index (χ3n) is 4.33. The predicted molar refractivity (Wildman–Crippen MR) is 93.8 cm³/mol. The number of thiazole rings is 1. The summed E-state index contributed by atoms with van der Waals surface area (Å²) < 4.78 is 8.25. The van der Waals surface area contributed by atoms with E-state index >= 15 is 0 Å². The molecule has 1 aliphatic carbocycles. The summed E-state index contributed by atoms with van der Waals surface area (Å²) in [5.41, 5.74) is 0.936. The quantitative estimate of drug-likeness (QED) is 0.834. The maximum Gasteiger partial charge on any atom is 0.251 e. The molecule has 6 heteroatoms. The highest BCUT2D eigenvalue weighted by atomic mass is 35.5. The second-order valence-corrected chi connectivity index (χ2v) is 7.32. The molecule has 1 heterocycles. The number of rotatable bonds is 4. The highest BCUT2D eigenvalue weighted by Gasteiger charge is 2.21. The summed E-state index contributed by atoms with van der Waals surface area (Å²) in [6.45, 7) is 1.19. The van der Waals surface area contributed by atoms with Crippen LogP contribution < -0.4 is 4.80 Å². The molecule has 0 spiro atoms. The lowest BCUT2D eigenvalue weighted by Crippen LogP contribution is -2.23. The van der Waals surface area contributed by atoms with E-state index in [4.69, 9.17) is 16.3 Å². The van der Waals surface area contributed by atoms with Crippen LogP contribution >= 0.6 is 22.9 Å². The Morgan fingerprint density at radius 2 is 2.17 bits per heavy atom. The lowest BCUT2D eigenvalue weighted by Gasteiger charge is -2.17. The van der Waals surface area contributed by atoms with Crippen LogP contribution in [0.3, 0.4) is 0 Å². The van der Waals surface area contributed by atoms with Gasteiger partial charge in [-0.3, -0.25) is 4.79 Å². The first-order chi connectivity index (χ1) is 11.2. The summed E-state index contributed by atoms with van der Waals surface area (Å²) in [7, 11) is 1.67. The van der Waals surface area contributed by atoms with E-state index in [0.29, 0.717) is 18.2 Å². The van der Waals surface area contributed by atoms with Gasteiger partial charge in [-0.05, 0) is 25.0 Å². The summed E-state index contributed by atoms with van der Waals surface area (Å²) in [5, 5.41) is 0.682. The van der Waals surface area contributed by atoms with Crippen LogP contribution in [0.4, 0.5) is 0 Å². The molecule has 1 aliphatic rings. The molecule has 0 aliphatic heterocycles. The highest BCUT2D eigenvalue weighted by Crippen LogP contribution is 2.27. The Kier molecular flexibility index (Phi) is 5.51. The summed E-state index contributed by atoms with van der Waals surface area (Å²) in [5.74, 6) is 0.0962. The molecule has 3 rings (SSSR count). The van der Waals surface area contributed by atoms with Crippen molar-refractivity contribution in [3.05, 3.63) is 28.0 Å². The van der Waals surface area contributed by atoms with E-state index < -0.39 is 0 Å². The number of benzene rings is 1. The monoisotopic (exact) mass is 352 g/mol. The second-order valence-electron chi connectivity index (χ2n) is 5.90. The van der Waals surface area contributed by atoms with Gasteiger partial charge in [0.05, 0.1) is 21.8 Å². The van der Waals surface area contributed by atoms with Crippen LogP contribution in [-0.4, -0.2) is 24.2 Å². The largest absolute Gasteiger partial charge is 0.383 e. The van der Waals surface area contributed by atoms with E-state index in [-0.39, 0.29) is 11.8 Å². The number of carbonyl (C=O) groups is 1. The van der Waals surface area contributed by atoms with E-state index in [2.05, 4.69) is 4.99 Å². The second kappa shape index (κ2) is 7.60. The molecule has 1 amide bonds. The fraction of sp³-hybridized carbons (Fsp3) is 0.529. The number of nitrogens with zero attached hydrogens (tertiary/aromatic N) is 2. The average Bonchev–Trinajstić information content (AvgIpc) is 2.92. The molecule has 0 radical (unpaired) electrons. The maximum atomic E-state index is 12.5. The summed E-state index contributed by atoms with van der Waals surface area (Å²) >= 11 is 7.87. The number of carbonyl (C=O) groups excluding carboxylic acids is 1. The van der Waals surface area contributed by atoms with Gasteiger partial charge in [-0.2, -0.15) is 4.99 Å². The van der Waals surface area contributed by atoms with Crippen LogP contribution in [0, 0.1) is 5.92 Å². The Hall–Kier alpha value is -1.17. The molecule has 124 valence electrons. The Balaban J connectivity index is 2.02. The van der Waals surface area contributed by atoms with Gasteiger partial charge >= 0.3 is 0 Å². The SMILES string of the molecule is COCCn1c(=NC(=O)C2CCCCC2)sc2cccc(Cl)c21. The van der Waals surface area contributed by atoms with E-state index in [1.54, 1.807) is 7.11 Å². The van der Waals surface area contributed by atoms with Crippen LogP contribution in [0.2, 0.25) is 5.02 Å². The zero-order chi connectivity index (χ0) is 16.2. The zero-order valence-corrected chi connectivity index (χ0v) is 14.8. The molecular formula is C17H21ClN2O2S. The van der Waals surface area contributed by atoms with E-state index in [9.17, 15) is 4.79 Å². The molecule has 0 atom stereocenters. The Morgan fingerprint density at radius 1 is 1.39 bits per heavy atom. The first-order valence-electron chi connectivity index (χ1n) is 8.06. The molecule has 0 bridgehead atoms. The van der Waals surface area contributed by atoms with Crippen molar-refractivity contribution in [3.8, 4) is 0 Å². The summed E-state index contributed by atoms with van der Waals surface area (Å²) in [6.07, 6.45) is 5.43. The van der Waals surface area contributed by atoms with Crippen molar-refractivity contribution in [3.63, 3.8) is 0 Å². The number of para-hydroxylation sites is 1. The smallest absolute Gasteiger partial charge is 0.251 e. The Labute approximate surface area is 144 Å². The minimum absolute atomic E-state index is 0.0125. The van der Waals surface area contributed by atoms with Crippen molar-refractivity contribution in [1.29, 1.82) is 0 Å². The van der Waals surface area contributed by atoms with Gasteiger partial charge in [0.15, 0.2) is 4.80 Å². The number of methoxy groups -OCH3 is 1. The van der Waals surface area contributed by atoms with Gasteiger partial charge in [-0.25, -0.2) is 0 Å². The molecule has 1 fully saturated rings. The predicted octanol–water partition coefficient (Wildman–Crippen LogP) is 4.01. The molecule has 0 saturated heterocycles. The highest BCUT2D eigenvalue weighted by molar-refractivity contribution is 7.16. The minimum Gasteiger partial charge on any atom is -0.383 e. The van der Waals surface area contributed by atoms with Crippen molar-refractivity contribution < 1.29 is 9.53 Å². The standard InChI is InChI=1S/C17H21ClN2O2S/c1-22-11-10-20-15-13(18)8-5-9-14(15)23-17(20)19-16(21)12-6-3-2-4-7-12/h5,8-9,12H,2-4,6-7,10-11H2,1H3. The fourth-order valence-electron chi connectivity index (χ4n) is 3.10. The Bertz CT molecular complexity index is 760. The normalized spacial score (nSPS) is 17.0. The van der Waals surface area contributed by atoms with Crippen molar-refractivity contribution in [2.24, 2.45) is 10.9 Å². The molecular weight excluding hydrogens is 332 g/mol. The first kappa shape index (κ1) is 16.7. The number of hydrogen-bond acceptors (Lipinski definition) is 3. The van der Waals surface area contributed by atoms with Crippen LogP contribution in [-0.2, 0) is 16.1 Å². The van der Waals surface area contributed by atoms with Crippen LogP contribution in [0.1, 0.15) is 32.1 Å². The fourth-order valence-corrected chi connectivity index (χ4v) is 4.52. The number of ether oxygens (including phenoxy) is 1. The zero-order valence-electron chi connectivity index (χ0n) is 13.3. The molecule has 1 aromatic carbocycles. The summed E-state index contributed by atoms with van der Waals surface area (Å²) in [4.78, 5) is 17.7. The number of halogens is 1. The molecule has 0 N–H and O–H groups in total. The Morgan fingerprint density at radius 3 is 2.91 bits per heavy atom. The molecule has 0 unspecified atom stereocenters. The maximum absolute atomic E-state index is 12.5. The van der Waals surface area contributed by atoms with Gasteiger partial charge in [-0.1, -0.05) is 48.3 Å². The van der Waals surface area contributed by atoms with Crippen LogP contribution in [0.5, 0.6) is 0 Å². The molecule has 1 aromatic heterocycles. The van der Waals surface area contributed by atoms with Crippen molar-refractivity contribution in [2.45, 2.75) is 38.6 Å². The molecule has 23 heavy (non-hydrogen) atoms. The van der Waals surface area contributed by atoms with Gasteiger partial charge < -0.3 is 9.30 Å². The molecule has 4 nitrogen and oxygen atoms in total. The molecule has 1 saturated carbocycles. The van der Waals surface area contributed by atoms with Gasteiger partial charge in [-0.15, -0.1) is 0 Å². The molecule has 2 aromatic rings. The van der Waals surface area contributed by atoms with E-state index in [1.807, 2.05) is 22.8 Å². The third-order valence-corrected chi connectivity index (χ3v) is 5.68. The third kappa shape index (κ3) is 3.67. The lowest BCUT2D eigenvalue weighted by atomic mass is 9.89. The van der Waals surface area contributed by atoms with Gasteiger partial charge in [0.2, 0.25) is 0 Å². The van der Waals surface area contributed by atoms with Crippen LogP contribution in [0.15, 0.2) is 23.2 Å². The topological polar surface area (TPSA) is 43.6 Å². The van der Waals surface area contributed by atoms with Crippen molar-refractivity contribution in [1.82, 2.24) is 4.57 Å². The number of amides is 1. The van der Waals surface area contributed by atoms with Crippen LogP contribution in [0.25, 0.3) is 10.2 Å². The number of aromatic nitrogens is 1. The van der Waals surface area contributed by atoms with Crippen molar-refractivity contribution >= 4 is 39.1 Å². The number of fused-ring (bicyclic) bond motifs is 1. The minimum atomic E-state index is 0.0125. The van der Waals surface area contributed by atoms with E-state index in [0.717, 1.165) is 40.7 Å². The number of hydrogen-bond donors (Lipinski definition) is 0. The lowest BCUT2D eigenvalue weighted by molar-refractivity contribution is -0.122. The van der Waals surface area contributed by atoms with Crippen molar-refractivity contribution in [2.75, 3.05) is 13.7 Å². The first-order valence-corrected chi connectivity index (χ1v) is 9.25. The average molecular weight is 353 g/mol. The summed E-state index contributed by atoms with van der Waals surface area (Å²) in [6, 6.07) is 5.81.